The van der Waals surface area contributed by atoms with Crippen molar-refractivity contribution in [2.45, 2.75) is 13.0 Å². The van der Waals surface area contributed by atoms with Gasteiger partial charge in [0.2, 0.25) is 6.61 Å². The van der Waals surface area contributed by atoms with Gasteiger partial charge in [-0.25, -0.2) is 13.6 Å². The van der Waals surface area contributed by atoms with Crippen molar-refractivity contribution in [3.63, 3.8) is 0 Å². The molecule has 1 amide bonds. The van der Waals surface area contributed by atoms with Crippen LogP contribution in [0.15, 0.2) is 35.6 Å². The van der Waals surface area contributed by atoms with E-state index in [1.807, 2.05) is 0 Å². The van der Waals surface area contributed by atoms with E-state index >= 15 is 0 Å². The molecule has 1 aromatic heterocycles. The summed E-state index contributed by atoms with van der Waals surface area (Å²) in [7, 11) is 0. The van der Waals surface area contributed by atoms with E-state index < -0.39 is 36.2 Å². The topological polar surface area (TPSA) is 115 Å². The van der Waals surface area contributed by atoms with Crippen LogP contribution in [0.2, 0.25) is 0 Å². The first-order chi connectivity index (χ1) is 15.5. The molecular weight excluding hydrogens is 430 g/mol. The Hall–Kier alpha value is -3.54. The third-order valence-corrected chi connectivity index (χ3v) is 4.35. The second kappa shape index (κ2) is 11.2. The van der Waals surface area contributed by atoms with Crippen LogP contribution >= 0.6 is 0 Å². The Balaban J connectivity index is 1.64. The first kappa shape index (κ1) is 23.1. The summed E-state index contributed by atoms with van der Waals surface area (Å²) in [6.07, 6.45) is 0.853. The first-order valence-corrected chi connectivity index (χ1v) is 9.82. The Bertz CT molecular complexity index is 954. The molecule has 1 aliphatic heterocycles. The van der Waals surface area contributed by atoms with Crippen LogP contribution in [0.1, 0.15) is 12.6 Å². The van der Waals surface area contributed by atoms with Crippen LogP contribution in [-0.4, -0.2) is 78.3 Å². The molecule has 1 aromatic carbocycles. The Kier molecular flexibility index (Phi) is 8.08. The average molecular weight is 452 g/mol. The van der Waals surface area contributed by atoms with Gasteiger partial charge in [0, 0.05) is 18.8 Å². The molecule has 32 heavy (non-hydrogen) atoms. The van der Waals surface area contributed by atoms with Crippen molar-refractivity contribution >= 4 is 17.6 Å². The fourth-order valence-electron chi connectivity index (χ4n) is 2.87. The van der Waals surface area contributed by atoms with Crippen molar-refractivity contribution in [3.05, 3.63) is 47.8 Å². The number of carbonyl (C=O) groups excluding carboxylic acids is 2. The largest absolute Gasteiger partial charge is 0.488 e. The number of nitrogens with zero attached hydrogens (tertiary/aromatic N) is 3. The molecule has 0 saturated carbocycles. The zero-order valence-corrected chi connectivity index (χ0v) is 17.3. The molecule has 172 valence electrons. The van der Waals surface area contributed by atoms with E-state index in [-0.39, 0.29) is 44.4 Å². The van der Waals surface area contributed by atoms with Crippen molar-refractivity contribution in [1.29, 1.82) is 0 Å². The Labute approximate surface area is 182 Å². The number of rotatable bonds is 9. The summed E-state index contributed by atoms with van der Waals surface area (Å²) < 4.78 is 42.7. The number of benzene rings is 1. The van der Waals surface area contributed by atoms with Gasteiger partial charge in [-0.3, -0.25) is 9.89 Å². The second-order valence-corrected chi connectivity index (χ2v) is 6.62. The molecule has 1 saturated heterocycles. The fourth-order valence-corrected chi connectivity index (χ4v) is 2.87. The monoisotopic (exact) mass is 452 g/mol. The number of aromatic amines is 1. The lowest BCUT2D eigenvalue weighted by molar-refractivity contribution is -0.148. The van der Waals surface area contributed by atoms with E-state index in [9.17, 15) is 18.4 Å². The number of ether oxygens (including phenoxy) is 3. The summed E-state index contributed by atoms with van der Waals surface area (Å²) in [6.45, 7) is 1.86. The van der Waals surface area contributed by atoms with E-state index in [0.29, 0.717) is 5.69 Å². The third-order valence-electron chi connectivity index (χ3n) is 4.35. The van der Waals surface area contributed by atoms with Gasteiger partial charge < -0.3 is 23.9 Å². The van der Waals surface area contributed by atoms with Gasteiger partial charge in [-0.2, -0.15) is 5.10 Å². The van der Waals surface area contributed by atoms with Gasteiger partial charge in [0.25, 0.3) is 5.91 Å². The number of morpholine rings is 1. The summed E-state index contributed by atoms with van der Waals surface area (Å²) >= 11 is 0. The maximum absolute atomic E-state index is 13.7. The lowest BCUT2D eigenvalue weighted by atomic mass is 10.2. The molecule has 1 aliphatic rings. The number of halogens is 2. The van der Waals surface area contributed by atoms with Gasteiger partial charge in [-0.1, -0.05) is 5.16 Å². The average Bonchev–Trinajstić information content (AvgIpc) is 3.32. The predicted octanol–water partition coefficient (Wildman–Crippen LogP) is 1.28. The molecule has 0 bridgehead atoms. The van der Waals surface area contributed by atoms with Gasteiger partial charge in [-0.05, 0) is 25.1 Å². The lowest BCUT2D eigenvalue weighted by Gasteiger charge is -2.32. The van der Waals surface area contributed by atoms with E-state index in [2.05, 4.69) is 15.4 Å². The molecule has 3 rings (SSSR count). The second-order valence-electron chi connectivity index (χ2n) is 6.62. The first-order valence-electron chi connectivity index (χ1n) is 9.82. The number of nitrogens with one attached hydrogen (secondary N) is 1. The molecule has 1 N–H and O–H groups in total. The number of hydrogen-bond acceptors (Lipinski definition) is 8. The summed E-state index contributed by atoms with van der Waals surface area (Å²) in [5.74, 6) is -2.71. The Morgan fingerprint density at radius 2 is 2.19 bits per heavy atom. The van der Waals surface area contributed by atoms with Crippen LogP contribution in [-0.2, 0) is 23.9 Å². The van der Waals surface area contributed by atoms with Crippen LogP contribution in [0, 0.1) is 11.6 Å². The minimum absolute atomic E-state index is 0.0930. The molecule has 1 unspecified atom stereocenters. The van der Waals surface area contributed by atoms with E-state index in [0.717, 1.165) is 18.2 Å². The molecule has 0 spiro atoms. The normalized spacial score (nSPS) is 16.5. The van der Waals surface area contributed by atoms with Crippen LogP contribution in [0.3, 0.4) is 0 Å². The molecule has 0 radical (unpaired) electrons. The molecule has 10 nitrogen and oxygen atoms in total. The van der Waals surface area contributed by atoms with Gasteiger partial charge in [-0.15, -0.1) is 0 Å². The minimum atomic E-state index is -0.706. The smallest absolute Gasteiger partial charge is 0.347 e. The van der Waals surface area contributed by atoms with Crippen molar-refractivity contribution < 1.29 is 37.4 Å². The van der Waals surface area contributed by atoms with Gasteiger partial charge in [0.15, 0.2) is 17.3 Å². The zero-order chi connectivity index (χ0) is 22.9. The molecule has 2 heterocycles. The molecule has 0 aliphatic carbocycles. The predicted molar refractivity (Wildman–Crippen MR) is 106 cm³/mol. The van der Waals surface area contributed by atoms with Gasteiger partial charge in [0.1, 0.15) is 18.5 Å². The minimum Gasteiger partial charge on any atom is -0.488 e. The van der Waals surface area contributed by atoms with E-state index in [1.165, 1.54) is 17.2 Å². The highest BCUT2D eigenvalue weighted by molar-refractivity contribution is 6.44. The number of oxime groups is 1. The van der Waals surface area contributed by atoms with Gasteiger partial charge >= 0.3 is 5.97 Å². The summed E-state index contributed by atoms with van der Waals surface area (Å²) in [5.41, 5.74) is 0.199. The number of hydrogen-bond donors (Lipinski definition) is 1. The quantitative estimate of drug-likeness (QED) is 0.346. The molecule has 1 atom stereocenters. The number of H-pyrrole nitrogens is 1. The fraction of sp³-hybridized carbons (Fsp3) is 0.400. The number of esters is 1. The third kappa shape index (κ3) is 6.23. The lowest BCUT2D eigenvalue weighted by Crippen LogP contribution is -2.50. The standard InChI is InChI=1S/C20H22F2N4O6/c1-2-29-18(27)12-32-25-19(16-5-6-23-24-16)20(28)26-7-8-30-14(10-26)11-31-17-9-13(21)3-4-15(17)22/h3-6,9,14H,2,7-8,10-12H2,1H3,(H,23,24)/b25-19+. The van der Waals surface area contributed by atoms with Crippen LogP contribution < -0.4 is 4.74 Å². The number of amides is 1. The molecular formula is C20H22F2N4O6. The number of aromatic nitrogens is 2. The maximum atomic E-state index is 13.7. The highest BCUT2D eigenvalue weighted by Crippen LogP contribution is 2.19. The molecule has 1 fully saturated rings. The van der Waals surface area contributed by atoms with Crippen molar-refractivity contribution in [3.8, 4) is 5.75 Å². The van der Waals surface area contributed by atoms with Crippen LogP contribution in [0.4, 0.5) is 8.78 Å². The van der Waals surface area contributed by atoms with Crippen molar-refractivity contribution in [2.24, 2.45) is 5.16 Å². The highest BCUT2D eigenvalue weighted by Gasteiger charge is 2.29. The number of carbonyl (C=O) groups is 2. The van der Waals surface area contributed by atoms with Crippen molar-refractivity contribution in [2.75, 3.05) is 39.5 Å². The summed E-state index contributed by atoms with van der Waals surface area (Å²) in [5, 5.41) is 10.2. The highest BCUT2D eigenvalue weighted by atomic mass is 19.1. The molecule has 12 heteroatoms. The van der Waals surface area contributed by atoms with Gasteiger partial charge in [0.05, 0.1) is 25.5 Å². The Morgan fingerprint density at radius 1 is 1.34 bits per heavy atom. The van der Waals surface area contributed by atoms with E-state index in [4.69, 9.17) is 19.0 Å². The van der Waals surface area contributed by atoms with Crippen molar-refractivity contribution in [1.82, 2.24) is 15.1 Å². The summed E-state index contributed by atoms with van der Waals surface area (Å²) in [6, 6.07) is 4.41. The van der Waals surface area contributed by atoms with E-state index in [1.54, 1.807) is 6.92 Å². The van der Waals surface area contributed by atoms with Crippen LogP contribution in [0.25, 0.3) is 0 Å². The molecule has 2 aromatic rings. The van der Waals surface area contributed by atoms with Crippen LogP contribution in [0.5, 0.6) is 5.75 Å². The SMILES string of the molecule is CCOC(=O)CO/N=C(/C(=O)N1CCOC(COc2cc(F)ccc2F)C1)c1ccn[nH]1. The summed E-state index contributed by atoms with van der Waals surface area (Å²) in [4.78, 5) is 30.9. The zero-order valence-electron chi connectivity index (χ0n) is 17.3. The Morgan fingerprint density at radius 3 is 2.94 bits per heavy atom. The maximum Gasteiger partial charge on any atom is 0.347 e.